The molecule has 2 aromatic heterocycles. The van der Waals surface area contributed by atoms with E-state index in [9.17, 15) is 9.59 Å². The van der Waals surface area contributed by atoms with Gasteiger partial charge in [0.2, 0.25) is 5.91 Å². The molecule has 0 saturated carbocycles. The average Bonchev–Trinajstić information content (AvgIpc) is 3.35. The molecule has 1 amide bonds. The lowest BCUT2D eigenvalue weighted by atomic mass is 9.97. The summed E-state index contributed by atoms with van der Waals surface area (Å²) < 4.78 is 7.13. The summed E-state index contributed by atoms with van der Waals surface area (Å²) in [5, 5.41) is 8.75. The van der Waals surface area contributed by atoms with Crippen molar-refractivity contribution in [1.29, 1.82) is 0 Å². The topological polar surface area (TPSA) is 89.0 Å². The monoisotopic (exact) mass is 392 g/mol. The Labute approximate surface area is 168 Å². The summed E-state index contributed by atoms with van der Waals surface area (Å²) in [6.45, 7) is 0.763. The van der Waals surface area contributed by atoms with E-state index in [1.54, 1.807) is 6.07 Å². The Morgan fingerprint density at radius 3 is 3.03 bits per heavy atom. The minimum absolute atomic E-state index is 0.0822. The van der Waals surface area contributed by atoms with Crippen LogP contribution in [0.1, 0.15) is 35.7 Å². The number of carbonyl (C=O) groups is 1. The third-order valence-corrected chi connectivity index (χ3v) is 5.97. The standard InChI is InChI=1S/C22H24N4O3/c27-21(9-15-11-23-18-8-4-2-6-16(15)18)24-19-12-29-13-20(19)26-22(28)10-14-5-1-3-7-17(14)25-26/h2,4,6,8,10-11,19-20,23H,1,3,5,7,9,12-13H2,(H,24,27). The number of amides is 1. The van der Waals surface area contributed by atoms with Crippen LogP contribution in [0, 0.1) is 0 Å². The minimum Gasteiger partial charge on any atom is -0.377 e. The van der Waals surface area contributed by atoms with Gasteiger partial charge in [-0.15, -0.1) is 0 Å². The zero-order valence-electron chi connectivity index (χ0n) is 16.2. The van der Waals surface area contributed by atoms with Crippen molar-refractivity contribution in [3.63, 3.8) is 0 Å². The Morgan fingerprint density at radius 2 is 2.10 bits per heavy atom. The van der Waals surface area contributed by atoms with E-state index < -0.39 is 0 Å². The van der Waals surface area contributed by atoms with Gasteiger partial charge >= 0.3 is 0 Å². The smallest absolute Gasteiger partial charge is 0.267 e. The van der Waals surface area contributed by atoms with Crippen molar-refractivity contribution in [1.82, 2.24) is 20.1 Å². The van der Waals surface area contributed by atoms with Gasteiger partial charge < -0.3 is 15.0 Å². The van der Waals surface area contributed by atoms with Crippen LogP contribution in [0.3, 0.4) is 0 Å². The van der Waals surface area contributed by atoms with Crippen molar-refractivity contribution < 1.29 is 9.53 Å². The Kier molecular flexibility index (Phi) is 4.67. The van der Waals surface area contributed by atoms with Gasteiger partial charge in [0, 0.05) is 23.2 Å². The fraction of sp³-hybridized carbons (Fsp3) is 0.409. The minimum atomic E-state index is -0.276. The first-order valence-corrected chi connectivity index (χ1v) is 10.2. The summed E-state index contributed by atoms with van der Waals surface area (Å²) in [6.07, 6.45) is 6.19. The summed E-state index contributed by atoms with van der Waals surface area (Å²) in [7, 11) is 0. The zero-order valence-corrected chi connectivity index (χ0v) is 16.2. The second-order valence-electron chi connectivity index (χ2n) is 7.92. The van der Waals surface area contributed by atoms with Crippen LogP contribution in [0.2, 0.25) is 0 Å². The number of hydrogen-bond acceptors (Lipinski definition) is 4. The van der Waals surface area contributed by atoms with E-state index in [4.69, 9.17) is 4.74 Å². The molecule has 1 aliphatic heterocycles. The van der Waals surface area contributed by atoms with Crippen LogP contribution < -0.4 is 10.9 Å². The number of nitrogens with one attached hydrogen (secondary N) is 2. The van der Waals surface area contributed by atoms with Gasteiger partial charge in [-0.25, -0.2) is 4.68 Å². The Bertz CT molecular complexity index is 1120. The molecule has 3 heterocycles. The lowest BCUT2D eigenvalue weighted by molar-refractivity contribution is -0.121. The summed E-state index contributed by atoms with van der Waals surface area (Å²) in [4.78, 5) is 28.6. The maximum absolute atomic E-state index is 12.7. The second-order valence-corrected chi connectivity index (χ2v) is 7.92. The largest absolute Gasteiger partial charge is 0.377 e. The van der Waals surface area contributed by atoms with E-state index in [0.717, 1.165) is 53.4 Å². The van der Waals surface area contributed by atoms with E-state index in [0.29, 0.717) is 13.2 Å². The molecular weight excluding hydrogens is 368 g/mol. The first kappa shape index (κ1) is 18.1. The van der Waals surface area contributed by atoms with Gasteiger partial charge in [0.15, 0.2) is 0 Å². The number of hydrogen-bond donors (Lipinski definition) is 2. The van der Waals surface area contributed by atoms with Gasteiger partial charge in [0.25, 0.3) is 5.56 Å². The first-order valence-electron chi connectivity index (χ1n) is 10.2. The van der Waals surface area contributed by atoms with E-state index >= 15 is 0 Å². The number of aromatic amines is 1. The normalized spacial score (nSPS) is 21.2. The number of aromatic nitrogens is 3. The van der Waals surface area contributed by atoms with Crippen LogP contribution in [-0.4, -0.2) is 39.9 Å². The molecule has 1 aliphatic carbocycles. The number of benzene rings is 1. The average molecular weight is 392 g/mol. The number of carbonyl (C=O) groups excluding carboxylic acids is 1. The van der Waals surface area contributed by atoms with Crippen molar-refractivity contribution in [2.75, 3.05) is 13.2 Å². The van der Waals surface area contributed by atoms with E-state index in [2.05, 4.69) is 15.4 Å². The fourth-order valence-electron chi connectivity index (χ4n) is 4.45. The summed E-state index contributed by atoms with van der Waals surface area (Å²) in [5.41, 5.74) is 3.93. The molecule has 1 fully saturated rings. The fourth-order valence-corrected chi connectivity index (χ4v) is 4.45. The van der Waals surface area contributed by atoms with Crippen LogP contribution in [0.25, 0.3) is 10.9 Å². The SMILES string of the molecule is O=C(Cc1c[nH]c2ccccc12)NC1COCC1n1nc2c(cc1=O)CCCC2. The van der Waals surface area contributed by atoms with Gasteiger partial charge in [-0.1, -0.05) is 18.2 Å². The van der Waals surface area contributed by atoms with Crippen molar-refractivity contribution in [3.05, 3.63) is 63.7 Å². The molecule has 2 atom stereocenters. The second kappa shape index (κ2) is 7.48. The molecule has 3 aromatic rings. The van der Waals surface area contributed by atoms with Crippen LogP contribution in [0.15, 0.2) is 41.3 Å². The Balaban J connectivity index is 1.33. The molecule has 1 saturated heterocycles. The van der Waals surface area contributed by atoms with Crippen molar-refractivity contribution >= 4 is 16.8 Å². The highest BCUT2D eigenvalue weighted by molar-refractivity contribution is 5.88. The zero-order chi connectivity index (χ0) is 19.8. The van der Waals surface area contributed by atoms with Crippen LogP contribution in [0.4, 0.5) is 0 Å². The third kappa shape index (κ3) is 3.46. The highest BCUT2D eigenvalue weighted by Crippen LogP contribution is 2.22. The molecule has 0 bridgehead atoms. The predicted octanol–water partition coefficient (Wildman–Crippen LogP) is 1.90. The molecular formula is C22H24N4O3. The van der Waals surface area contributed by atoms with Gasteiger partial charge in [-0.2, -0.15) is 5.10 Å². The van der Waals surface area contributed by atoms with E-state index in [1.165, 1.54) is 4.68 Å². The van der Waals surface area contributed by atoms with E-state index in [1.807, 2.05) is 30.5 Å². The quantitative estimate of drug-likeness (QED) is 0.710. The van der Waals surface area contributed by atoms with Crippen molar-refractivity contribution in [2.45, 2.75) is 44.2 Å². The maximum Gasteiger partial charge on any atom is 0.267 e. The number of rotatable bonds is 4. The Morgan fingerprint density at radius 1 is 1.24 bits per heavy atom. The molecule has 0 radical (unpaired) electrons. The predicted molar refractivity (Wildman–Crippen MR) is 109 cm³/mol. The van der Waals surface area contributed by atoms with Crippen molar-refractivity contribution in [3.8, 4) is 0 Å². The number of fused-ring (bicyclic) bond motifs is 2. The maximum atomic E-state index is 12.7. The van der Waals surface area contributed by atoms with Crippen LogP contribution >= 0.6 is 0 Å². The highest BCUT2D eigenvalue weighted by atomic mass is 16.5. The summed E-state index contributed by atoms with van der Waals surface area (Å²) in [6, 6.07) is 9.10. The number of aryl methyl sites for hydroxylation is 2. The van der Waals surface area contributed by atoms with E-state index in [-0.39, 0.29) is 30.0 Å². The molecule has 7 heteroatoms. The van der Waals surface area contributed by atoms with Crippen LogP contribution in [-0.2, 0) is 28.8 Å². The molecule has 29 heavy (non-hydrogen) atoms. The van der Waals surface area contributed by atoms with Gasteiger partial charge in [0.05, 0.1) is 31.4 Å². The van der Waals surface area contributed by atoms with Gasteiger partial charge in [0.1, 0.15) is 6.04 Å². The molecule has 2 unspecified atom stereocenters. The number of H-pyrrole nitrogens is 1. The molecule has 7 nitrogen and oxygen atoms in total. The molecule has 0 spiro atoms. The first-order chi connectivity index (χ1) is 14.2. The lowest BCUT2D eigenvalue weighted by Gasteiger charge is -2.23. The van der Waals surface area contributed by atoms with Gasteiger partial charge in [-0.3, -0.25) is 9.59 Å². The van der Waals surface area contributed by atoms with Gasteiger partial charge in [-0.05, 0) is 42.9 Å². The lowest BCUT2D eigenvalue weighted by Crippen LogP contribution is -2.45. The number of nitrogens with zero attached hydrogens (tertiary/aromatic N) is 2. The van der Waals surface area contributed by atoms with Crippen molar-refractivity contribution in [2.24, 2.45) is 0 Å². The number of ether oxygens (including phenoxy) is 1. The third-order valence-electron chi connectivity index (χ3n) is 5.97. The van der Waals surface area contributed by atoms with Crippen LogP contribution in [0.5, 0.6) is 0 Å². The summed E-state index contributed by atoms with van der Waals surface area (Å²) in [5.74, 6) is -0.0822. The molecule has 150 valence electrons. The molecule has 1 aromatic carbocycles. The molecule has 5 rings (SSSR count). The molecule has 2 N–H and O–H groups in total. The Hall–Kier alpha value is -2.93. The highest BCUT2D eigenvalue weighted by Gasteiger charge is 2.33. The number of para-hydroxylation sites is 1. The summed E-state index contributed by atoms with van der Waals surface area (Å²) >= 11 is 0. The molecule has 2 aliphatic rings.